The largest absolute Gasteiger partial charge is 0.507 e. The molecule has 9 heteroatoms. The van der Waals surface area contributed by atoms with E-state index in [2.05, 4.69) is 15.9 Å². The summed E-state index contributed by atoms with van der Waals surface area (Å²) in [7, 11) is 2.96. The Hall–Kier alpha value is -3.33. The van der Waals surface area contributed by atoms with Crippen LogP contribution >= 0.6 is 15.9 Å². The van der Waals surface area contributed by atoms with Gasteiger partial charge in [0.25, 0.3) is 11.7 Å². The topological polar surface area (TPSA) is 113 Å². The minimum absolute atomic E-state index is 0.00919. The Morgan fingerprint density at radius 1 is 0.971 bits per heavy atom. The van der Waals surface area contributed by atoms with Gasteiger partial charge < -0.3 is 24.6 Å². The lowest BCUT2D eigenvalue weighted by molar-refractivity contribution is -0.140. The van der Waals surface area contributed by atoms with Gasteiger partial charge in [0, 0.05) is 23.0 Å². The van der Waals surface area contributed by atoms with E-state index >= 15 is 0 Å². The van der Waals surface area contributed by atoms with Crippen LogP contribution in [-0.2, 0) is 14.4 Å². The highest BCUT2D eigenvalue weighted by Crippen LogP contribution is 2.41. The van der Waals surface area contributed by atoms with Crippen molar-refractivity contribution >= 4 is 39.3 Å². The predicted octanol–water partition coefficient (Wildman–Crippen LogP) is 4.53. The summed E-state index contributed by atoms with van der Waals surface area (Å²) >= 11 is 3.39. The number of aliphatic hydroxyl groups excluding tert-OH is 1. The number of hydrogen-bond donors (Lipinski definition) is 2. The van der Waals surface area contributed by atoms with Crippen molar-refractivity contribution in [1.29, 1.82) is 0 Å². The first-order valence-electron chi connectivity index (χ1n) is 10.8. The second-order valence-corrected chi connectivity index (χ2v) is 8.73. The molecule has 1 saturated heterocycles. The maximum absolute atomic E-state index is 13.1. The summed E-state index contributed by atoms with van der Waals surface area (Å²) in [6, 6.07) is 11.2. The van der Waals surface area contributed by atoms with E-state index in [0.717, 1.165) is 4.47 Å². The van der Waals surface area contributed by atoms with Gasteiger partial charge in [-0.25, -0.2) is 0 Å². The maximum atomic E-state index is 13.1. The van der Waals surface area contributed by atoms with Gasteiger partial charge in [-0.1, -0.05) is 34.5 Å². The molecule has 1 atom stereocenters. The van der Waals surface area contributed by atoms with Crippen LogP contribution in [0.2, 0.25) is 0 Å². The van der Waals surface area contributed by atoms with Crippen molar-refractivity contribution in [3.63, 3.8) is 0 Å². The number of aliphatic hydroxyl groups is 1. The third-order valence-corrected chi connectivity index (χ3v) is 6.20. The molecule has 1 aliphatic rings. The molecular formula is C25H26BrNO7. The Kier molecular flexibility index (Phi) is 8.33. The Morgan fingerprint density at radius 3 is 2.26 bits per heavy atom. The lowest BCUT2D eigenvalue weighted by atomic mass is 9.95. The first-order valence-corrected chi connectivity index (χ1v) is 11.6. The molecule has 0 spiro atoms. The van der Waals surface area contributed by atoms with Crippen LogP contribution < -0.4 is 9.47 Å². The van der Waals surface area contributed by atoms with Gasteiger partial charge in [0.1, 0.15) is 5.76 Å². The molecule has 1 heterocycles. The van der Waals surface area contributed by atoms with Gasteiger partial charge in [0.2, 0.25) is 0 Å². The van der Waals surface area contributed by atoms with E-state index in [0.29, 0.717) is 41.9 Å². The molecule has 2 aromatic carbocycles. The second-order valence-electron chi connectivity index (χ2n) is 7.82. The third-order valence-electron chi connectivity index (χ3n) is 5.67. The van der Waals surface area contributed by atoms with Crippen molar-refractivity contribution in [2.45, 2.75) is 31.7 Å². The number of Topliss-reactive ketones (excluding diaryl/α,β-unsaturated/α-hetero) is 1. The number of nitrogens with zero attached hydrogens (tertiary/aromatic N) is 1. The number of carbonyl (C=O) groups is 3. The smallest absolute Gasteiger partial charge is 0.303 e. The summed E-state index contributed by atoms with van der Waals surface area (Å²) in [5.74, 6) is -1.81. The minimum atomic E-state index is -0.870. The highest BCUT2D eigenvalue weighted by atomic mass is 79.9. The number of benzene rings is 2. The van der Waals surface area contributed by atoms with Gasteiger partial charge in [-0.2, -0.15) is 0 Å². The average Bonchev–Trinajstić information content (AvgIpc) is 3.08. The highest BCUT2D eigenvalue weighted by Gasteiger charge is 2.45. The second kappa shape index (κ2) is 11.2. The van der Waals surface area contributed by atoms with Gasteiger partial charge in [-0.3, -0.25) is 14.4 Å². The summed E-state index contributed by atoms with van der Waals surface area (Å²) < 4.78 is 11.4. The number of aliphatic carboxylic acids is 1. The van der Waals surface area contributed by atoms with Crippen LogP contribution in [0.15, 0.2) is 52.5 Å². The molecular weight excluding hydrogens is 506 g/mol. The van der Waals surface area contributed by atoms with E-state index in [-0.39, 0.29) is 24.3 Å². The fourth-order valence-electron chi connectivity index (χ4n) is 3.98. The van der Waals surface area contributed by atoms with Gasteiger partial charge in [0.05, 0.1) is 25.8 Å². The van der Waals surface area contributed by atoms with Crippen molar-refractivity contribution in [3.8, 4) is 11.5 Å². The van der Waals surface area contributed by atoms with E-state index in [4.69, 9.17) is 14.6 Å². The maximum Gasteiger partial charge on any atom is 0.303 e. The highest BCUT2D eigenvalue weighted by molar-refractivity contribution is 9.10. The summed E-state index contributed by atoms with van der Waals surface area (Å²) in [6.07, 6.45) is 1.66. The van der Waals surface area contributed by atoms with E-state index in [1.54, 1.807) is 42.5 Å². The molecule has 0 aliphatic carbocycles. The quantitative estimate of drug-likeness (QED) is 0.200. The molecule has 1 fully saturated rings. The monoisotopic (exact) mass is 531 g/mol. The minimum Gasteiger partial charge on any atom is -0.507 e. The fourth-order valence-corrected chi connectivity index (χ4v) is 4.24. The van der Waals surface area contributed by atoms with Gasteiger partial charge in [-0.05, 0) is 48.7 Å². The number of carboxylic acid groups (broad SMARTS) is 1. The molecule has 2 aromatic rings. The molecule has 0 radical (unpaired) electrons. The van der Waals surface area contributed by atoms with Gasteiger partial charge in [-0.15, -0.1) is 0 Å². The number of rotatable bonds is 10. The average molecular weight is 532 g/mol. The standard InChI is InChI=1S/C25H26BrNO7/c1-33-18-12-9-16(14-19(18)34-2)23(30)21-22(15-7-10-17(26)11-8-15)27(25(32)24(21)31)13-5-3-4-6-20(28)29/h7-12,14,22,30H,3-6,13H2,1-2H3,(H,28,29). The van der Waals surface area contributed by atoms with Crippen molar-refractivity contribution in [2.24, 2.45) is 0 Å². The van der Waals surface area contributed by atoms with Crippen LogP contribution in [0.3, 0.4) is 0 Å². The lowest BCUT2D eigenvalue weighted by Gasteiger charge is -2.25. The number of unbranched alkanes of at least 4 members (excludes halogenated alkanes) is 2. The van der Waals surface area contributed by atoms with Crippen molar-refractivity contribution in [1.82, 2.24) is 4.90 Å². The zero-order valence-electron chi connectivity index (χ0n) is 18.9. The number of hydrogen-bond acceptors (Lipinski definition) is 6. The van der Waals surface area contributed by atoms with Gasteiger partial charge >= 0.3 is 5.97 Å². The van der Waals surface area contributed by atoms with Crippen LogP contribution in [0.4, 0.5) is 0 Å². The van der Waals surface area contributed by atoms with E-state index < -0.39 is 23.7 Å². The number of likely N-dealkylation sites (tertiary alicyclic amines) is 1. The summed E-state index contributed by atoms with van der Waals surface area (Å²) in [6.45, 7) is 0.258. The molecule has 2 N–H and O–H groups in total. The molecule has 1 aliphatic heterocycles. The normalized spacial score (nSPS) is 17.1. The van der Waals surface area contributed by atoms with Crippen molar-refractivity contribution in [2.75, 3.05) is 20.8 Å². The zero-order valence-corrected chi connectivity index (χ0v) is 20.5. The Bertz CT molecular complexity index is 1110. The summed E-state index contributed by atoms with van der Waals surface area (Å²) in [5, 5.41) is 20.0. The predicted molar refractivity (Wildman–Crippen MR) is 129 cm³/mol. The number of methoxy groups -OCH3 is 2. The number of ether oxygens (including phenoxy) is 2. The van der Waals surface area contributed by atoms with E-state index in [9.17, 15) is 19.5 Å². The number of ketones is 1. The van der Waals surface area contributed by atoms with Crippen molar-refractivity contribution in [3.05, 3.63) is 63.6 Å². The molecule has 0 saturated carbocycles. The molecule has 34 heavy (non-hydrogen) atoms. The van der Waals surface area contributed by atoms with Crippen molar-refractivity contribution < 1.29 is 34.1 Å². The Morgan fingerprint density at radius 2 is 1.65 bits per heavy atom. The van der Waals surface area contributed by atoms with E-state index in [1.807, 2.05) is 0 Å². The first-order chi connectivity index (χ1) is 16.3. The summed E-state index contributed by atoms with van der Waals surface area (Å²) in [5.41, 5.74) is 0.985. The lowest BCUT2D eigenvalue weighted by Crippen LogP contribution is -2.30. The molecule has 1 amide bonds. The van der Waals surface area contributed by atoms with Crippen LogP contribution in [0, 0.1) is 0 Å². The van der Waals surface area contributed by atoms with Crippen LogP contribution in [0.1, 0.15) is 42.9 Å². The summed E-state index contributed by atoms with van der Waals surface area (Å²) in [4.78, 5) is 38.3. The molecule has 0 aromatic heterocycles. The third kappa shape index (κ3) is 5.41. The molecule has 180 valence electrons. The Labute approximate surface area is 205 Å². The van der Waals surface area contributed by atoms with Gasteiger partial charge in [0.15, 0.2) is 11.5 Å². The SMILES string of the molecule is COc1ccc(C(O)=C2C(=O)C(=O)N(CCCCCC(=O)O)C2c2ccc(Br)cc2)cc1OC. The molecule has 0 bridgehead atoms. The number of carbonyl (C=O) groups excluding carboxylic acids is 2. The number of halogens is 1. The molecule has 1 unspecified atom stereocenters. The zero-order chi connectivity index (χ0) is 24.8. The van der Waals surface area contributed by atoms with E-state index in [1.165, 1.54) is 19.1 Å². The number of carboxylic acids is 1. The first kappa shape index (κ1) is 25.3. The van der Waals surface area contributed by atoms with Crippen LogP contribution in [0.5, 0.6) is 11.5 Å². The van der Waals surface area contributed by atoms with Crippen LogP contribution in [0.25, 0.3) is 5.76 Å². The molecule has 3 rings (SSSR count). The molecule has 8 nitrogen and oxygen atoms in total. The fraction of sp³-hybridized carbons (Fsp3) is 0.320. The number of amides is 1. The Balaban J connectivity index is 2.01. The van der Waals surface area contributed by atoms with Crippen LogP contribution in [-0.4, -0.2) is 53.5 Å².